The number of carbonyl (C=O) groups excluding carboxylic acids is 1. The zero-order chi connectivity index (χ0) is 15.5. The Labute approximate surface area is 131 Å². The third kappa shape index (κ3) is 2.98. The highest BCUT2D eigenvalue weighted by atomic mass is 16.5. The Morgan fingerprint density at radius 3 is 2.77 bits per heavy atom. The van der Waals surface area contributed by atoms with Crippen molar-refractivity contribution in [1.82, 2.24) is 0 Å². The first-order valence-electron chi connectivity index (χ1n) is 7.73. The first-order chi connectivity index (χ1) is 10.6. The number of fused-ring (bicyclic) bond motifs is 1. The van der Waals surface area contributed by atoms with E-state index in [1.807, 2.05) is 48.2 Å². The first-order valence-corrected chi connectivity index (χ1v) is 7.73. The van der Waals surface area contributed by atoms with Crippen molar-refractivity contribution < 1.29 is 9.53 Å². The Morgan fingerprint density at radius 2 is 1.95 bits per heavy atom. The molecule has 0 N–H and O–H groups in total. The second-order valence-corrected chi connectivity index (χ2v) is 5.81. The Kier molecular flexibility index (Phi) is 4.14. The highest BCUT2D eigenvalue weighted by Gasteiger charge is 2.22. The van der Waals surface area contributed by atoms with Crippen LogP contribution in [0.3, 0.4) is 0 Å². The SMILES string of the molecule is Cc1ccc(OCC(=O)N2CCCc3ccccc32)cc1C. The lowest BCUT2D eigenvalue weighted by atomic mass is 10.0. The third-order valence-corrected chi connectivity index (χ3v) is 4.25. The van der Waals surface area contributed by atoms with E-state index < -0.39 is 0 Å². The van der Waals surface area contributed by atoms with E-state index in [0.717, 1.165) is 30.8 Å². The number of para-hydroxylation sites is 1. The molecule has 1 aliphatic heterocycles. The van der Waals surface area contributed by atoms with E-state index >= 15 is 0 Å². The van der Waals surface area contributed by atoms with Crippen LogP contribution in [0, 0.1) is 13.8 Å². The van der Waals surface area contributed by atoms with Crippen LogP contribution in [0.5, 0.6) is 5.75 Å². The summed E-state index contributed by atoms with van der Waals surface area (Å²) >= 11 is 0. The molecule has 0 saturated heterocycles. The summed E-state index contributed by atoms with van der Waals surface area (Å²) in [4.78, 5) is 14.3. The fraction of sp³-hybridized carbons (Fsp3) is 0.316. The molecule has 0 radical (unpaired) electrons. The van der Waals surface area contributed by atoms with E-state index in [4.69, 9.17) is 4.74 Å². The minimum atomic E-state index is 0.0189. The maximum absolute atomic E-state index is 12.5. The molecule has 114 valence electrons. The topological polar surface area (TPSA) is 29.5 Å². The number of hydrogen-bond donors (Lipinski definition) is 0. The zero-order valence-electron chi connectivity index (χ0n) is 13.1. The summed E-state index contributed by atoms with van der Waals surface area (Å²) in [6.45, 7) is 4.96. The van der Waals surface area contributed by atoms with Gasteiger partial charge in [-0.25, -0.2) is 0 Å². The molecule has 2 aromatic rings. The number of rotatable bonds is 3. The molecule has 3 nitrogen and oxygen atoms in total. The van der Waals surface area contributed by atoms with Gasteiger partial charge in [0.1, 0.15) is 5.75 Å². The molecule has 0 fully saturated rings. The fourth-order valence-electron chi connectivity index (χ4n) is 2.82. The molecule has 0 unspecified atom stereocenters. The van der Waals surface area contributed by atoms with Crippen molar-refractivity contribution >= 4 is 11.6 Å². The molecule has 1 heterocycles. The summed E-state index contributed by atoms with van der Waals surface area (Å²) in [5.74, 6) is 0.770. The zero-order valence-corrected chi connectivity index (χ0v) is 13.1. The van der Waals surface area contributed by atoms with E-state index in [-0.39, 0.29) is 12.5 Å². The number of nitrogens with zero attached hydrogens (tertiary/aromatic N) is 1. The molecular weight excluding hydrogens is 274 g/mol. The van der Waals surface area contributed by atoms with Crippen LogP contribution in [0.4, 0.5) is 5.69 Å². The monoisotopic (exact) mass is 295 g/mol. The van der Waals surface area contributed by atoms with Gasteiger partial charge in [-0.05, 0) is 61.6 Å². The minimum Gasteiger partial charge on any atom is -0.484 e. The summed E-state index contributed by atoms with van der Waals surface area (Å²) in [5, 5.41) is 0. The number of aryl methyl sites for hydroxylation is 3. The maximum Gasteiger partial charge on any atom is 0.264 e. The third-order valence-electron chi connectivity index (χ3n) is 4.25. The average molecular weight is 295 g/mol. The van der Waals surface area contributed by atoms with Crippen LogP contribution in [0.2, 0.25) is 0 Å². The van der Waals surface area contributed by atoms with Crippen molar-refractivity contribution in [3.63, 3.8) is 0 Å². The molecule has 22 heavy (non-hydrogen) atoms. The largest absolute Gasteiger partial charge is 0.484 e. The predicted molar refractivity (Wildman–Crippen MR) is 88.5 cm³/mol. The fourth-order valence-corrected chi connectivity index (χ4v) is 2.82. The lowest BCUT2D eigenvalue weighted by Crippen LogP contribution is -2.38. The van der Waals surface area contributed by atoms with Gasteiger partial charge in [0.2, 0.25) is 0 Å². The number of hydrogen-bond acceptors (Lipinski definition) is 2. The van der Waals surface area contributed by atoms with Gasteiger partial charge in [-0.2, -0.15) is 0 Å². The molecule has 3 heteroatoms. The minimum absolute atomic E-state index is 0.0189. The van der Waals surface area contributed by atoms with Gasteiger partial charge in [0.25, 0.3) is 5.91 Å². The number of anilines is 1. The van der Waals surface area contributed by atoms with E-state index in [0.29, 0.717) is 0 Å². The van der Waals surface area contributed by atoms with Crippen LogP contribution in [0.1, 0.15) is 23.1 Å². The summed E-state index contributed by atoms with van der Waals surface area (Å²) < 4.78 is 5.68. The first kappa shape index (κ1) is 14.6. The second-order valence-electron chi connectivity index (χ2n) is 5.81. The van der Waals surface area contributed by atoms with Gasteiger partial charge in [-0.15, -0.1) is 0 Å². The normalized spacial score (nSPS) is 13.6. The van der Waals surface area contributed by atoms with Gasteiger partial charge in [-0.1, -0.05) is 24.3 Å². The highest BCUT2D eigenvalue weighted by Crippen LogP contribution is 2.26. The van der Waals surface area contributed by atoms with Crippen LogP contribution in [-0.4, -0.2) is 19.1 Å². The molecule has 0 spiro atoms. The lowest BCUT2D eigenvalue weighted by molar-refractivity contribution is -0.120. The van der Waals surface area contributed by atoms with Gasteiger partial charge in [0.15, 0.2) is 6.61 Å². The van der Waals surface area contributed by atoms with Gasteiger partial charge in [0.05, 0.1) is 0 Å². The van der Waals surface area contributed by atoms with Crippen molar-refractivity contribution in [2.45, 2.75) is 26.7 Å². The Balaban J connectivity index is 1.69. The van der Waals surface area contributed by atoms with Gasteiger partial charge >= 0.3 is 0 Å². The van der Waals surface area contributed by atoms with Crippen LogP contribution >= 0.6 is 0 Å². The molecule has 0 saturated carbocycles. The Hall–Kier alpha value is -2.29. The standard InChI is InChI=1S/C19H21NO2/c1-14-9-10-17(12-15(14)2)22-13-19(21)20-11-5-7-16-6-3-4-8-18(16)20/h3-4,6,8-10,12H,5,7,11,13H2,1-2H3. The Morgan fingerprint density at radius 1 is 1.14 bits per heavy atom. The van der Waals surface area contributed by atoms with Crippen LogP contribution in [-0.2, 0) is 11.2 Å². The molecule has 0 aliphatic carbocycles. The van der Waals surface area contributed by atoms with E-state index in [2.05, 4.69) is 13.0 Å². The average Bonchev–Trinajstić information content (AvgIpc) is 2.55. The maximum atomic E-state index is 12.5. The van der Waals surface area contributed by atoms with E-state index in [1.165, 1.54) is 16.7 Å². The quantitative estimate of drug-likeness (QED) is 0.865. The molecule has 2 aromatic carbocycles. The van der Waals surface area contributed by atoms with Crippen LogP contribution in [0.15, 0.2) is 42.5 Å². The second kappa shape index (κ2) is 6.22. The van der Waals surface area contributed by atoms with E-state index in [9.17, 15) is 4.79 Å². The molecule has 1 aliphatic rings. The molecule has 0 bridgehead atoms. The van der Waals surface area contributed by atoms with Crippen molar-refractivity contribution in [1.29, 1.82) is 0 Å². The molecular formula is C19H21NO2. The van der Waals surface area contributed by atoms with Gasteiger partial charge < -0.3 is 9.64 Å². The summed E-state index contributed by atoms with van der Waals surface area (Å²) in [6, 6.07) is 14.0. The number of ether oxygens (including phenoxy) is 1. The molecule has 3 rings (SSSR count). The van der Waals surface area contributed by atoms with Crippen LogP contribution in [0.25, 0.3) is 0 Å². The number of amides is 1. The molecule has 1 amide bonds. The van der Waals surface area contributed by atoms with Gasteiger partial charge in [0, 0.05) is 12.2 Å². The summed E-state index contributed by atoms with van der Waals surface area (Å²) in [5.41, 5.74) is 4.67. The smallest absolute Gasteiger partial charge is 0.264 e. The lowest BCUT2D eigenvalue weighted by Gasteiger charge is -2.29. The van der Waals surface area contributed by atoms with Crippen molar-refractivity contribution in [2.24, 2.45) is 0 Å². The molecule has 0 atom stereocenters. The van der Waals surface area contributed by atoms with Gasteiger partial charge in [-0.3, -0.25) is 4.79 Å². The van der Waals surface area contributed by atoms with Crippen molar-refractivity contribution in [3.8, 4) is 5.75 Å². The van der Waals surface area contributed by atoms with Crippen molar-refractivity contribution in [3.05, 3.63) is 59.2 Å². The predicted octanol–water partition coefficient (Wildman–Crippen LogP) is 3.66. The van der Waals surface area contributed by atoms with E-state index in [1.54, 1.807) is 0 Å². The number of benzene rings is 2. The molecule has 0 aromatic heterocycles. The Bertz CT molecular complexity index is 694. The number of carbonyl (C=O) groups is 1. The summed E-state index contributed by atoms with van der Waals surface area (Å²) in [7, 11) is 0. The summed E-state index contributed by atoms with van der Waals surface area (Å²) in [6.07, 6.45) is 2.05. The van der Waals surface area contributed by atoms with Crippen molar-refractivity contribution in [2.75, 3.05) is 18.1 Å². The highest BCUT2D eigenvalue weighted by molar-refractivity contribution is 5.95. The van der Waals surface area contributed by atoms with Crippen LogP contribution < -0.4 is 9.64 Å².